The molecule has 1 aromatic rings. The van der Waals surface area contributed by atoms with E-state index in [9.17, 15) is 4.79 Å². The second-order valence-electron chi connectivity index (χ2n) is 4.35. The summed E-state index contributed by atoms with van der Waals surface area (Å²) in [7, 11) is 0. The number of carboxylic acids is 1. The Balaban J connectivity index is 2.35. The molecule has 0 bridgehead atoms. The number of rotatable bonds is 6. The summed E-state index contributed by atoms with van der Waals surface area (Å²) in [5.41, 5.74) is 1.31. The molecule has 88 valence electrons. The topological polar surface area (TPSA) is 49.3 Å². The quantitative estimate of drug-likeness (QED) is 0.725. The normalized spacial score (nSPS) is 10.4. The Morgan fingerprint density at radius 3 is 2.44 bits per heavy atom. The maximum absolute atomic E-state index is 10.6. The zero-order valence-electron chi connectivity index (χ0n) is 9.86. The molecule has 0 heterocycles. The molecule has 0 spiro atoms. The Bertz CT molecular complexity index is 330. The highest BCUT2D eigenvalue weighted by Gasteiger charge is 2.01. The Kier molecular flexibility index (Phi) is 4.83. The number of nitrogens with one attached hydrogen (secondary N) is 1. The lowest BCUT2D eigenvalue weighted by molar-refractivity contribution is 0.0697. The van der Waals surface area contributed by atoms with Crippen molar-refractivity contribution in [1.82, 2.24) is 0 Å². The Hall–Kier alpha value is -1.51. The van der Waals surface area contributed by atoms with Crippen LogP contribution in [-0.4, -0.2) is 17.6 Å². The smallest absolute Gasteiger partial charge is 0.335 e. The van der Waals surface area contributed by atoms with Crippen LogP contribution >= 0.6 is 0 Å². The van der Waals surface area contributed by atoms with Gasteiger partial charge in [-0.3, -0.25) is 0 Å². The average Bonchev–Trinajstić information content (AvgIpc) is 2.25. The van der Waals surface area contributed by atoms with Gasteiger partial charge in [0, 0.05) is 12.2 Å². The monoisotopic (exact) mass is 221 g/mol. The van der Waals surface area contributed by atoms with Crippen molar-refractivity contribution in [2.24, 2.45) is 5.92 Å². The van der Waals surface area contributed by atoms with E-state index in [1.165, 1.54) is 6.42 Å². The third kappa shape index (κ3) is 4.34. The Morgan fingerprint density at radius 2 is 1.94 bits per heavy atom. The minimum atomic E-state index is -0.883. The molecule has 3 nitrogen and oxygen atoms in total. The van der Waals surface area contributed by atoms with E-state index in [4.69, 9.17) is 5.11 Å². The van der Waals surface area contributed by atoms with Crippen molar-refractivity contribution in [1.29, 1.82) is 0 Å². The van der Waals surface area contributed by atoms with Crippen molar-refractivity contribution in [3.63, 3.8) is 0 Å². The van der Waals surface area contributed by atoms with Gasteiger partial charge in [0.05, 0.1) is 5.56 Å². The fraction of sp³-hybridized carbons (Fsp3) is 0.462. The van der Waals surface area contributed by atoms with Crippen molar-refractivity contribution in [2.75, 3.05) is 11.9 Å². The third-order valence-electron chi connectivity index (χ3n) is 2.42. The summed E-state index contributed by atoms with van der Waals surface area (Å²) in [5.74, 6) is -0.150. The summed E-state index contributed by atoms with van der Waals surface area (Å²) < 4.78 is 0. The van der Waals surface area contributed by atoms with E-state index in [1.807, 2.05) is 0 Å². The van der Waals surface area contributed by atoms with E-state index >= 15 is 0 Å². The maximum Gasteiger partial charge on any atom is 0.335 e. The lowest BCUT2D eigenvalue weighted by atomic mass is 10.1. The van der Waals surface area contributed by atoms with E-state index in [2.05, 4.69) is 19.2 Å². The van der Waals surface area contributed by atoms with Gasteiger partial charge < -0.3 is 10.4 Å². The van der Waals surface area contributed by atoms with Gasteiger partial charge in [-0.15, -0.1) is 0 Å². The highest BCUT2D eigenvalue weighted by Crippen LogP contribution is 2.10. The molecule has 1 aromatic carbocycles. The first-order valence-electron chi connectivity index (χ1n) is 5.67. The molecular formula is C13H19NO2. The highest BCUT2D eigenvalue weighted by molar-refractivity contribution is 5.87. The number of aromatic carboxylic acids is 1. The molecule has 0 fully saturated rings. The van der Waals surface area contributed by atoms with Gasteiger partial charge in [-0.1, -0.05) is 13.8 Å². The number of anilines is 1. The van der Waals surface area contributed by atoms with Gasteiger partial charge in [-0.2, -0.15) is 0 Å². The predicted octanol–water partition coefficient (Wildman–Crippen LogP) is 3.23. The maximum atomic E-state index is 10.6. The molecule has 0 aliphatic rings. The van der Waals surface area contributed by atoms with Gasteiger partial charge in [0.25, 0.3) is 0 Å². The fourth-order valence-corrected chi connectivity index (χ4v) is 1.47. The van der Waals surface area contributed by atoms with Crippen molar-refractivity contribution >= 4 is 11.7 Å². The zero-order chi connectivity index (χ0) is 12.0. The van der Waals surface area contributed by atoms with Gasteiger partial charge in [0.1, 0.15) is 0 Å². The van der Waals surface area contributed by atoms with Crippen molar-refractivity contribution in [3.8, 4) is 0 Å². The van der Waals surface area contributed by atoms with Crippen LogP contribution in [0, 0.1) is 5.92 Å². The molecule has 1 rings (SSSR count). The SMILES string of the molecule is CC(C)CCCNc1ccc(C(=O)O)cc1. The standard InChI is InChI=1S/C13H19NO2/c1-10(2)4-3-9-14-12-7-5-11(6-8-12)13(15)16/h5-8,10,14H,3-4,9H2,1-2H3,(H,15,16). The molecule has 0 saturated heterocycles. The summed E-state index contributed by atoms with van der Waals surface area (Å²) in [6, 6.07) is 6.85. The predicted molar refractivity (Wildman–Crippen MR) is 66.0 cm³/mol. The molecule has 0 amide bonds. The second-order valence-corrected chi connectivity index (χ2v) is 4.35. The molecule has 3 heteroatoms. The van der Waals surface area contributed by atoms with Crippen LogP contribution in [0.2, 0.25) is 0 Å². The average molecular weight is 221 g/mol. The van der Waals surface area contributed by atoms with Crippen LogP contribution < -0.4 is 5.32 Å². The summed E-state index contributed by atoms with van der Waals surface area (Å²) in [4.78, 5) is 10.6. The first-order valence-corrected chi connectivity index (χ1v) is 5.67. The Morgan fingerprint density at radius 1 is 1.31 bits per heavy atom. The van der Waals surface area contributed by atoms with Crippen LogP contribution in [0.25, 0.3) is 0 Å². The van der Waals surface area contributed by atoms with Crippen LogP contribution in [0.4, 0.5) is 5.69 Å². The van der Waals surface area contributed by atoms with Gasteiger partial charge >= 0.3 is 5.97 Å². The molecule has 0 radical (unpaired) electrons. The minimum absolute atomic E-state index is 0.327. The van der Waals surface area contributed by atoms with E-state index in [1.54, 1.807) is 24.3 Å². The number of benzene rings is 1. The van der Waals surface area contributed by atoms with E-state index in [-0.39, 0.29) is 0 Å². The summed E-state index contributed by atoms with van der Waals surface area (Å²) in [6.45, 7) is 5.36. The molecular weight excluding hydrogens is 202 g/mol. The van der Waals surface area contributed by atoms with Gasteiger partial charge in [-0.05, 0) is 43.0 Å². The first-order chi connectivity index (χ1) is 7.59. The Labute approximate surface area is 96.5 Å². The molecule has 2 N–H and O–H groups in total. The fourth-order valence-electron chi connectivity index (χ4n) is 1.47. The number of carboxylic acid groups (broad SMARTS) is 1. The van der Waals surface area contributed by atoms with Gasteiger partial charge in [0.15, 0.2) is 0 Å². The molecule has 0 unspecified atom stereocenters. The van der Waals surface area contributed by atoms with Crippen LogP contribution in [0.15, 0.2) is 24.3 Å². The lowest BCUT2D eigenvalue weighted by Gasteiger charge is -2.07. The molecule has 0 aromatic heterocycles. The second kappa shape index (κ2) is 6.16. The van der Waals surface area contributed by atoms with E-state index in [0.29, 0.717) is 5.56 Å². The molecule has 16 heavy (non-hydrogen) atoms. The van der Waals surface area contributed by atoms with Crippen molar-refractivity contribution in [3.05, 3.63) is 29.8 Å². The van der Waals surface area contributed by atoms with Crippen LogP contribution in [-0.2, 0) is 0 Å². The molecule has 0 aliphatic heterocycles. The van der Waals surface area contributed by atoms with E-state index < -0.39 is 5.97 Å². The highest BCUT2D eigenvalue weighted by atomic mass is 16.4. The zero-order valence-corrected chi connectivity index (χ0v) is 9.86. The lowest BCUT2D eigenvalue weighted by Crippen LogP contribution is -2.03. The summed E-state index contributed by atoms with van der Waals surface area (Å²) in [5, 5.41) is 12.0. The summed E-state index contributed by atoms with van der Waals surface area (Å²) in [6.07, 6.45) is 2.35. The molecule has 0 atom stereocenters. The van der Waals surface area contributed by atoms with Crippen LogP contribution in [0.1, 0.15) is 37.0 Å². The van der Waals surface area contributed by atoms with Gasteiger partial charge in [0.2, 0.25) is 0 Å². The number of hydrogen-bond acceptors (Lipinski definition) is 2. The van der Waals surface area contributed by atoms with Crippen LogP contribution in [0.5, 0.6) is 0 Å². The molecule has 0 aliphatic carbocycles. The minimum Gasteiger partial charge on any atom is -0.478 e. The third-order valence-corrected chi connectivity index (χ3v) is 2.42. The number of carbonyl (C=O) groups is 1. The van der Waals surface area contributed by atoms with Crippen molar-refractivity contribution < 1.29 is 9.90 Å². The largest absolute Gasteiger partial charge is 0.478 e. The first kappa shape index (κ1) is 12.6. The summed E-state index contributed by atoms with van der Waals surface area (Å²) >= 11 is 0. The number of hydrogen-bond donors (Lipinski definition) is 2. The van der Waals surface area contributed by atoms with Crippen molar-refractivity contribution in [2.45, 2.75) is 26.7 Å². The van der Waals surface area contributed by atoms with E-state index in [0.717, 1.165) is 24.6 Å². The molecule has 0 saturated carbocycles. The van der Waals surface area contributed by atoms with Gasteiger partial charge in [-0.25, -0.2) is 4.79 Å². The van der Waals surface area contributed by atoms with Crippen LogP contribution in [0.3, 0.4) is 0 Å².